The van der Waals surface area contributed by atoms with E-state index in [-0.39, 0.29) is 24.0 Å². The average molecular weight is 384 g/mol. The molecule has 2 N–H and O–H groups in total. The Bertz CT molecular complexity index is 797. The number of aliphatic hydroxyl groups excluding tert-OH is 1. The van der Waals surface area contributed by atoms with Gasteiger partial charge < -0.3 is 10.2 Å². The third-order valence-corrected chi connectivity index (χ3v) is 5.89. The van der Waals surface area contributed by atoms with E-state index in [9.17, 15) is 15.0 Å². The minimum absolute atomic E-state index is 0.0504. The van der Waals surface area contributed by atoms with Gasteiger partial charge in [-0.1, -0.05) is 23.2 Å². The molecule has 1 aliphatic heterocycles. The van der Waals surface area contributed by atoms with Crippen LogP contribution in [0.25, 0.3) is 0 Å². The number of aliphatic hydroxyl groups is 1. The number of halogens is 2. The Balaban J connectivity index is 2.16. The number of aromatic hydroxyl groups is 1. The maximum absolute atomic E-state index is 12.5. The third kappa shape index (κ3) is 2.86. The second kappa shape index (κ2) is 6.48. The van der Waals surface area contributed by atoms with E-state index < -0.39 is 4.87 Å². The van der Waals surface area contributed by atoms with E-state index >= 15 is 0 Å². The predicted molar refractivity (Wildman–Crippen MR) is 97.8 cm³/mol. The largest absolute Gasteiger partial charge is 0.507 e. The molecule has 126 valence electrons. The summed E-state index contributed by atoms with van der Waals surface area (Å²) in [6, 6.07) is 10.1. The zero-order valence-corrected chi connectivity index (χ0v) is 15.1. The lowest BCUT2D eigenvalue weighted by Gasteiger charge is -2.35. The minimum Gasteiger partial charge on any atom is -0.507 e. The molecule has 0 radical (unpaired) electrons. The van der Waals surface area contributed by atoms with Crippen LogP contribution in [0, 0.1) is 0 Å². The van der Waals surface area contributed by atoms with Gasteiger partial charge in [0.15, 0.2) is 0 Å². The number of rotatable bonds is 3. The van der Waals surface area contributed by atoms with Crippen molar-refractivity contribution in [3.05, 3.63) is 57.6 Å². The molecule has 1 fully saturated rings. The highest BCUT2D eigenvalue weighted by Crippen LogP contribution is 2.51. The quantitative estimate of drug-likeness (QED) is 0.835. The van der Waals surface area contributed by atoms with Crippen LogP contribution >= 0.6 is 35.0 Å². The van der Waals surface area contributed by atoms with Crippen molar-refractivity contribution in [2.75, 3.05) is 10.7 Å². The van der Waals surface area contributed by atoms with Crippen molar-refractivity contribution in [1.82, 2.24) is 0 Å². The van der Waals surface area contributed by atoms with Gasteiger partial charge in [0.1, 0.15) is 10.6 Å². The maximum Gasteiger partial charge on any atom is 0.238 e. The molecule has 1 atom stereocenters. The highest BCUT2D eigenvalue weighted by Gasteiger charge is 2.46. The zero-order chi connectivity index (χ0) is 17.5. The Hall–Kier alpha value is -1.40. The number of carbonyl (C=O) groups excluding carboxylic acids is 1. The number of thioether (sulfide) groups is 1. The molecule has 1 aliphatic rings. The number of hydrogen-bond acceptors (Lipinski definition) is 4. The van der Waals surface area contributed by atoms with E-state index in [0.29, 0.717) is 26.9 Å². The van der Waals surface area contributed by atoms with Crippen molar-refractivity contribution >= 4 is 46.6 Å². The van der Waals surface area contributed by atoms with Crippen LogP contribution in [0.2, 0.25) is 10.0 Å². The summed E-state index contributed by atoms with van der Waals surface area (Å²) in [6.07, 6.45) is 0. The van der Waals surface area contributed by atoms with E-state index in [4.69, 9.17) is 23.2 Å². The number of amides is 1. The molecular formula is C17H15Cl2NO3S. The first-order valence-electron chi connectivity index (χ1n) is 7.22. The fraction of sp³-hybridized carbons (Fsp3) is 0.235. The van der Waals surface area contributed by atoms with Gasteiger partial charge >= 0.3 is 0 Å². The van der Waals surface area contributed by atoms with Gasteiger partial charge in [0, 0.05) is 26.9 Å². The topological polar surface area (TPSA) is 60.8 Å². The van der Waals surface area contributed by atoms with E-state index in [1.54, 1.807) is 35.2 Å². The summed E-state index contributed by atoms with van der Waals surface area (Å²) in [6.45, 7) is 1.51. The summed E-state index contributed by atoms with van der Waals surface area (Å²) in [5.74, 6) is 0.153. The van der Waals surface area contributed by atoms with Crippen molar-refractivity contribution in [1.29, 1.82) is 0 Å². The normalized spacial score (nSPS) is 20.7. The van der Waals surface area contributed by atoms with Crippen LogP contribution in [-0.4, -0.2) is 21.9 Å². The van der Waals surface area contributed by atoms with Crippen molar-refractivity contribution < 1.29 is 15.0 Å². The van der Waals surface area contributed by atoms with Gasteiger partial charge in [-0.3, -0.25) is 9.69 Å². The molecule has 7 heteroatoms. The smallest absolute Gasteiger partial charge is 0.238 e. The van der Waals surface area contributed by atoms with Crippen LogP contribution in [0.5, 0.6) is 5.75 Å². The Morgan fingerprint density at radius 2 is 1.88 bits per heavy atom. The summed E-state index contributed by atoms with van der Waals surface area (Å²) in [5.41, 5.74) is 1.50. The lowest BCUT2D eigenvalue weighted by atomic mass is 10.0. The number of anilines is 1. The van der Waals surface area contributed by atoms with Crippen LogP contribution in [0.1, 0.15) is 18.1 Å². The Labute approximate surface area is 154 Å². The lowest BCUT2D eigenvalue weighted by molar-refractivity contribution is -0.116. The van der Waals surface area contributed by atoms with Gasteiger partial charge in [-0.2, -0.15) is 0 Å². The molecule has 2 aromatic carbocycles. The highest BCUT2D eigenvalue weighted by molar-refractivity contribution is 8.01. The molecule has 24 heavy (non-hydrogen) atoms. The van der Waals surface area contributed by atoms with Gasteiger partial charge in [-0.25, -0.2) is 0 Å². The molecule has 1 unspecified atom stereocenters. The van der Waals surface area contributed by atoms with Crippen LogP contribution < -0.4 is 4.90 Å². The molecule has 0 aliphatic carbocycles. The number of nitrogens with zero attached hydrogens (tertiary/aromatic N) is 1. The molecule has 2 aromatic rings. The summed E-state index contributed by atoms with van der Waals surface area (Å²) in [5, 5.41) is 21.0. The molecule has 4 nitrogen and oxygen atoms in total. The van der Waals surface area contributed by atoms with Gasteiger partial charge in [0.2, 0.25) is 5.91 Å². The van der Waals surface area contributed by atoms with Crippen molar-refractivity contribution in [2.45, 2.75) is 18.4 Å². The van der Waals surface area contributed by atoms with E-state index in [1.165, 1.54) is 17.8 Å². The maximum atomic E-state index is 12.5. The van der Waals surface area contributed by atoms with E-state index in [1.807, 2.05) is 6.92 Å². The molecule has 1 amide bonds. The first-order chi connectivity index (χ1) is 11.4. The summed E-state index contributed by atoms with van der Waals surface area (Å²) in [4.78, 5) is 13.3. The fourth-order valence-electron chi connectivity index (χ4n) is 2.88. The fourth-order valence-corrected chi connectivity index (χ4v) is 4.43. The Morgan fingerprint density at radius 3 is 2.50 bits per heavy atom. The molecule has 0 aromatic heterocycles. The van der Waals surface area contributed by atoms with Crippen molar-refractivity contribution in [3.8, 4) is 5.75 Å². The average Bonchev–Trinajstić information content (AvgIpc) is 2.86. The molecule has 3 rings (SSSR count). The lowest BCUT2D eigenvalue weighted by Crippen LogP contribution is -2.40. The van der Waals surface area contributed by atoms with Crippen LogP contribution in [0.4, 0.5) is 5.69 Å². The Kier molecular flexibility index (Phi) is 4.71. The number of hydrogen-bond donors (Lipinski definition) is 2. The first-order valence-corrected chi connectivity index (χ1v) is 8.96. The van der Waals surface area contributed by atoms with Crippen LogP contribution in [0.3, 0.4) is 0 Å². The van der Waals surface area contributed by atoms with Gasteiger partial charge in [0.05, 0.1) is 12.4 Å². The molecule has 0 bridgehead atoms. The standard InChI is InChI=1S/C17H15Cl2NO3S/c1-17(14-7-12(19)6-10(8-21)16(14)23)20(15(22)9-24-17)13-4-2-11(18)3-5-13/h2-7,21,23H,8-9H2,1H3. The summed E-state index contributed by atoms with van der Waals surface area (Å²) >= 11 is 13.5. The highest BCUT2D eigenvalue weighted by atomic mass is 35.5. The van der Waals surface area contributed by atoms with Crippen LogP contribution in [-0.2, 0) is 16.3 Å². The zero-order valence-electron chi connectivity index (χ0n) is 12.8. The predicted octanol–water partition coefficient (Wildman–Crippen LogP) is 4.14. The monoisotopic (exact) mass is 383 g/mol. The Morgan fingerprint density at radius 1 is 1.21 bits per heavy atom. The van der Waals surface area contributed by atoms with Gasteiger partial charge in [-0.15, -0.1) is 11.8 Å². The number of phenols is 1. The number of carbonyl (C=O) groups is 1. The second-order valence-electron chi connectivity index (χ2n) is 5.60. The SMILES string of the molecule is CC1(c2cc(Cl)cc(CO)c2O)SCC(=O)N1c1ccc(Cl)cc1. The number of benzene rings is 2. The molecule has 1 heterocycles. The minimum atomic E-state index is -0.843. The first kappa shape index (κ1) is 17.4. The third-order valence-electron chi connectivity index (χ3n) is 4.06. The molecule has 1 saturated heterocycles. The summed E-state index contributed by atoms with van der Waals surface area (Å²) < 4.78 is 0. The van der Waals surface area contributed by atoms with Crippen LogP contribution in [0.15, 0.2) is 36.4 Å². The summed E-state index contributed by atoms with van der Waals surface area (Å²) in [7, 11) is 0. The second-order valence-corrected chi connectivity index (χ2v) is 7.84. The van der Waals surface area contributed by atoms with E-state index in [0.717, 1.165) is 0 Å². The van der Waals surface area contributed by atoms with Gasteiger partial charge in [0.25, 0.3) is 0 Å². The molecular weight excluding hydrogens is 369 g/mol. The molecule has 0 saturated carbocycles. The van der Waals surface area contributed by atoms with E-state index in [2.05, 4.69) is 0 Å². The van der Waals surface area contributed by atoms with Crippen molar-refractivity contribution in [2.24, 2.45) is 0 Å². The van der Waals surface area contributed by atoms with Crippen molar-refractivity contribution in [3.63, 3.8) is 0 Å². The van der Waals surface area contributed by atoms with Gasteiger partial charge in [-0.05, 0) is 43.3 Å². The molecule has 0 spiro atoms.